The lowest BCUT2D eigenvalue weighted by Gasteiger charge is -2.09. The van der Waals surface area contributed by atoms with Crippen LogP contribution >= 0.6 is 0 Å². The van der Waals surface area contributed by atoms with Crippen LogP contribution in [0.5, 0.6) is 0 Å². The number of Topliss-reactive ketones (excluding diaryl/α,β-unsaturated/α-hetero) is 1. The van der Waals surface area contributed by atoms with Gasteiger partial charge in [-0.25, -0.2) is 0 Å². The summed E-state index contributed by atoms with van der Waals surface area (Å²) >= 11 is 0. The van der Waals surface area contributed by atoms with Crippen LogP contribution in [0.3, 0.4) is 0 Å². The van der Waals surface area contributed by atoms with E-state index in [2.05, 4.69) is 43.0 Å². The van der Waals surface area contributed by atoms with E-state index in [9.17, 15) is 4.79 Å². The third kappa shape index (κ3) is 5.46. The van der Waals surface area contributed by atoms with Crippen LogP contribution < -0.4 is 0 Å². The molecule has 18 heavy (non-hydrogen) atoms. The van der Waals surface area contributed by atoms with Crippen LogP contribution in [-0.4, -0.2) is 31.3 Å². The molecule has 0 aliphatic carbocycles. The number of aryl methyl sites for hydroxylation is 1. The molecule has 0 heterocycles. The Morgan fingerprint density at radius 2 is 1.72 bits per heavy atom. The molecule has 1 rings (SSSR count). The molecule has 0 atom stereocenters. The second-order valence-corrected chi connectivity index (χ2v) is 5.49. The number of carbonyl (C=O) groups excluding carboxylic acids is 1. The van der Waals surface area contributed by atoms with Gasteiger partial charge in [0, 0.05) is 19.4 Å². The second-order valence-electron chi connectivity index (χ2n) is 5.49. The maximum absolute atomic E-state index is 11.7. The first-order valence-electron chi connectivity index (χ1n) is 6.74. The van der Waals surface area contributed by atoms with Gasteiger partial charge in [-0.05, 0) is 37.6 Å². The predicted octanol–water partition coefficient (Wildman–Crippen LogP) is 3.26. The van der Waals surface area contributed by atoms with E-state index in [4.69, 9.17) is 0 Å². The Labute approximate surface area is 111 Å². The van der Waals surface area contributed by atoms with Crippen LogP contribution in [0.15, 0.2) is 24.3 Å². The Hall–Kier alpha value is -1.15. The minimum atomic E-state index is 0.358. The zero-order valence-electron chi connectivity index (χ0n) is 12.1. The van der Waals surface area contributed by atoms with E-state index in [0.29, 0.717) is 24.5 Å². The number of nitrogens with zero attached hydrogens (tertiary/aromatic N) is 1. The summed E-state index contributed by atoms with van der Waals surface area (Å²) in [6.45, 7) is 5.24. The van der Waals surface area contributed by atoms with Crippen LogP contribution in [0.4, 0.5) is 0 Å². The summed E-state index contributed by atoms with van der Waals surface area (Å²) in [7, 11) is 4.00. The molecular formula is C16H25NO. The van der Waals surface area contributed by atoms with Gasteiger partial charge < -0.3 is 4.90 Å². The molecule has 0 aromatic heterocycles. The van der Waals surface area contributed by atoms with Crippen LogP contribution in [0.1, 0.15) is 43.7 Å². The Balaban J connectivity index is 2.37. The van der Waals surface area contributed by atoms with Gasteiger partial charge in [0.15, 0.2) is 0 Å². The van der Waals surface area contributed by atoms with E-state index in [0.717, 1.165) is 13.0 Å². The summed E-state index contributed by atoms with van der Waals surface area (Å²) in [4.78, 5) is 13.7. The van der Waals surface area contributed by atoms with Gasteiger partial charge in [0.05, 0.1) is 0 Å². The molecule has 0 saturated heterocycles. The van der Waals surface area contributed by atoms with Crippen LogP contribution in [0.2, 0.25) is 0 Å². The van der Waals surface area contributed by atoms with Crippen molar-refractivity contribution in [3.8, 4) is 0 Å². The van der Waals surface area contributed by atoms with Crippen LogP contribution in [0, 0.1) is 0 Å². The summed E-state index contributed by atoms with van der Waals surface area (Å²) in [5.41, 5.74) is 2.62. The van der Waals surface area contributed by atoms with Crippen molar-refractivity contribution in [1.82, 2.24) is 4.90 Å². The molecule has 0 amide bonds. The van der Waals surface area contributed by atoms with E-state index in [1.807, 2.05) is 14.1 Å². The molecule has 0 spiro atoms. The Bertz CT molecular complexity index is 365. The summed E-state index contributed by atoms with van der Waals surface area (Å²) in [6, 6.07) is 8.64. The third-order valence-electron chi connectivity index (χ3n) is 3.18. The van der Waals surface area contributed by atoms with Gasteiger partial charge in [-0.15, -0.1) is 0 Å². The van der Waals surface area contributed by atoms with Crippen molar-refractivity contribution in [3.05, 3.63) is 35.4 Å². The summed E-state index contributed by atoms with van der Waals surface area (Å²) in [6.07, 6.45) is 2.19. The lowest BCUT2D eigenvalue weighted by molar-refractivity contribution is -0.119. The highest BCUT2D eigenvalue weighted by atomic mass is 16.1. The Morgan fingerprint density at radius 3 is 2.22 bits per heavy atom. The molecule has 100 valence electrons. The molecule has 0 saturated carbocycles. The first-order valence-corrected chi connectivity index (χ1v) is 6.74. The van der Waals surface area contributed by atoms with Gasteiger partial charge in [0.1, 0.15) is 5.78 Å². The van der Waals surface area contributed by atoms with Crippen LogP contribution in [-0.2, 0) is 11.2 Å². The maximum Gasteiger partial charge on any atom is 0.134 e. The smallest absolute Gasteiger partial charge is 0.134 e. The Kier molecular flexibility index (Phi) is 6.06. The van der Waals surface area contributed by atoms with Crippen LogP contribution in [0.25, 0.3) is 0 Å². The molecule has 0 aliphatic rings. The molecule has 0 fully saturated rings. The maximum atomic E-state index is 11.7. The monoisotopic (exact) mass is 247 g/mol. The van der Waals surface area contributed by atoms with Crippen molar-refractivity contribution in [2.75, 3.05) is 20.6 Å². The average molecular weight is 247 g/mol. The zero-order valence-corrected chi connectivity index (χ0v) is 12.1. The van der Waals surface area contributed by atoms with Crippen molar-refractivity contribution >= 4 is 5.78 Å². The number of hydrogen-bond donors (Lipinski definition) is 0. The standard InChI is InChI=1S/C16H25NO/c1-13(2)15-8-5-14(6-9-15)7-10-16(18)11-12-17(3)4/h5-6,8-9,13H,7,10-12H2,1-4H3. The summed E-state index contributed by atoms with van der Waals surface area (Å²) in [5, 5.41) is 0. The minimum absolute atomic E-state index is 0.358. The molecule has 0 radical (unpaired) electrons. The number of hydrogen-bond acceptors (Lipinski definition) is 2. The predicted molar refractivity (Wildman–Crippen MR) is 77.0 cm³/mol. The van der Waals surface area contributed by atoms with E-state index in [-0.39, 0.29) is 0 Å². The van der Waals surface area contributed by atoms with E-state index < -0.39 is 0 Å². The van der Waals surface area contributed by atoms with Gasteiger partial charge in [-0.1, -0.05) is 38.1 Å². The van der Waals surface area contributed by atoms with Crippen molar-refractivity contribution in [1.29, 1.82) is 0 Å². The van der Waals surface area contributed by atoms with Crippen molar-refractivity contribution in [2.45, 2.75) is 39.0 Å². The fourth-order valence-electron chi connectivity index (χ4n) is 1.83. The zero-order chi connectivity index (χ0) is 13.5. The van der Waals surface area contributed by atoms with Gasteiger partial charge in [0.25, 0.3) is 0 Å². The van der Waals surface area contributed by atoms with E-state index >= 15 is 0 Å². The lowest BCUT2D eigenvalue weighted by Crippen LogP contribution is -2.16. The van der Waals surface area contributed by atoms with Gasteiger partial charge in [-0.3, -0.25) is 4.79 Å². The van der Waals surface area contributed by atoms with Crippen molar-refractivity contribution in [3.63, 3.8) is 0 Å². The lowest BCUT2D eigenvalue weighted by atomic mass is 9.99. The Morgan fingerprint density at radius 1 is 1.11 bits per heavy atom. The molecule has 0 aliphatic heterocycles. The van der Waals surface area contributed by atoms with Crippen molar-refractivity contribution < 1.29 is 4.79 Å². The van der Waals surface area contributed by atoms with Gasteiger partial charge >= 0.3 is 0 Å². The third-order valence-corrected chi connectivity index (χ3v) is 3.18. The van der Waals surface area contributed by atoms with E-state index in [1.54, 1.807) is 0 Å². The summed E-state index contributed by atoms with van der Waals surface area (Å²) in [5.74, 6) is 0.928. The largest absolute Gasteiger partial charge is 0.309 e. The topological polar surface area (TPSA) is 20.3 Å². The minimum Gasteiger partial charge on any atom is -0.309 e. The molecule has 2 nitrogen and oxygen atoms in total. The van der Waals surface area contributed by atoms with Gasteiger partial charge in [-0.2, -0.15) is 0 Å². The number of carbonyl (C=O) groups is 1. The molecule has 0 N–H and O–H groups in total. The fourth-order valence-corrected chi connectivity index (χ4v) is 1.83. The van der Waals surface area contributed by atoms with Gasteiger partial charge in [0.2, 0.25) is 0 Å². The highest BCUT2D eigenvalue weighted by molar-refractivity contribution is 5.78. The summed E-state index contributed by atoms with van der Waals surface area (Å²) < 4.78 is 0. The average Bonchev–Trinajstić information content (AvgIpc) is 2.34. The normalized spacial score (nSPS) is 11.2. The molecular weight excluding hydrogens is 222 g/mol. The second kappa shape index (κ2) is 7.32. The first-order chi connectivity index (χ1) is 8.49. The number of rotatable bonds is 7. The highest BCUT2D eigenvalue weighted by Gasteiger charge is 2.04. The molecule has 2 heteroatoms. The first kappa shape index (κ1) is 14.9. The molecule has 0 bridgehead atoms. The molecule has 1 aromatic carbocycles. The van der Waals surface area contributed by atoms with E-state index in [1.165, 1.54) is 11.1 Å². The number of benzene rings is 1. The quantitative estimate of drug-likeness (QED) is 0.737. The molecule has 0 unspecified atom stereocenters. The highest BCUT2D eigenvalue weighted by Crippen LogP contribution is 2.15. The van der Waals surface area contributed by atoms with Crippen molar-refractivity contribution in [2.24, 2.45) is 0 Å². The SMILES string of the molecule is CC(C)c1ccc(CCC(=O)CCN(C)C)cc1. The fraction of sp³-hybridized carbons (Fsp3) is 0.562. The number of ketones is 1. The molecule has 1 aromatic rings.